The lowest BCUT2D eigenvalue weighted by Crippen LogP contribution is -2.41. The van der Waals surface area contributed by atoms with Gasteiger partial charge >= 0.3 is 5.97 Å². The normalized spacial score (nSPS) is 12.6. The third-order valence-corrected chi connectivity index (χ3v) is 2.13. The number of methoxy groups -OCH3 is 1. The molecule has 0 aromatic carbocycles. The Kier molecular flexibility index (Phi) is 4.94. The number of rotatable bonds is 7. The highest BCUT2D eigenvalue weighted by Crippen LogP contribution is 1.93. The van der Waals surface area contributed by atoms with Crippen molar-refractivity contribution >= 4 is 5.97 Å². The van der Waals surface area contributed by atoms with Gasteiger partial charge in [-0.1, -0.05) is 0 Å². The van der Waals surface area contributed by atoms with Crippen LogP contribution in [-0.4, -0.2) is 47.2 Å². The fourth-order valence-electron chi connectivity index (χ4n) is 1.33. The van der Waals surface area contributed by atoms with Crippen molar-refractivity contribution in [2.45, 2.75) is 19.5 Å². The molecule has 1 rings (SSSR count). The zero-order valence-electron chi connectivity index (χ0n) is 9.51. The Balaban J connectivity index is 2.30. The molecular formula is C10H17N3O3. The predicted octanol–water partition coefficient (Wildman–Crippen LogP) is -0.119. The van der Waals surface area contributed by atoms with E-state index < -0.39 is 12.0 Å². The van der Waals surface area contributed by atoms with Crippen LogP contribution in [0.5, 0.6) is 0 Å². The number of hydrogen-bond donors (Lipinski definition) is 2. The molecule has 0 radical (unpaired) electrons. The smallest absolute Gasteiger partial charge is 0.323 e. The van der Waals surface area contributed by atoms with Gasteiger partial charge in [-0.15, -0.1) is 0 Å². The zero-order valence-corrected chi connectivity index (χ0v) is 9.51. The Morgan fingerprint density at radius 3 is 3.00 bits per heavy atom. The van der Waals surface area contributed by atoms with Gasteiger partial charge < -0.3 is 15.2 Å². The summed E-state index contributed by atoms with van der Waals surface area (Å²) in [6.07, 6.45) is 3.68. The summed E-state index contributed by atoms with van der Waals surface area (Å²) in [5, 5.41) is 15.8. The first kappa shape index (κ1) is 12.7. The summed E-state index contributed by atoms with van der Waals surface area (Å²) in [4.78, 5) is 10.8. The van der Waals surface area contributed by atoms with Gasteiger partial charge in [0.05, 0.1) is 19.3 Å². The number of nitrogens with zero attached hydrogens (tertiary/aromatic N) is 2. The van der Waals surface area contributed by atoms with E-state index in [1.165, 1.54) is 7.11 Å². The molecule has 6 heteroatoms. The average Bonchev–Trinajstić information content (AvgIpc) is 2.63. The van der Waals surface area contributed by atoms with Gasteiger partial charge in [-0.25, -0.2) is 0 Å². The van der Waals surface area contributed by atoms with E-state index in [-0.39, 0.29) is 6.61 Å². The molecule has 0 bridgehead atoms. The fraction of sp³-hybridized carbons (Fsp3) is 0.600. The summed E-state index contributed by atoms with van der Waals surface area (Å²) in [5.74, 6) is -0.904. The molecule has 0 fully saturated rings. The van der Waals surface area contributed by atoms with E-state index in [4.69, 9.17) is 9.84 Å². The Morgan fingerprint density at radius 2 is 2.50 bits per heavy atom. The number of carboxylic acids is 1. The Labute approximate surface area is 94.2 Å². The summed E-state index contributed by atoms with van der Waals surface area (Å²) in [6.45, 7) is 3.30. The Bertz CT molecular complexity index is 338. The molecule has 0 saturated heterocycles. The number of aliphatic carboxylic acids is 1. The first-order valence-electron chi connectivity index (χ1n) is 5.07. The second-order valence-electron chi connectivity index (χ2n) is 3.58. The lowest BCUT2D eigenvalue weighted by atomic mass is 10.3. The van der Waals surface area contributed by atoms with Crippen LogP contribution < -0.4 is 5.32 Å². The van der Waals surface area contributed by atoms with E-state index in [1.54, 1.807) is 10.9 Å². The van der Waals surface area contributed by atoms with Crippen LogP contribution in [0.4, 0.5) is 0 Å². The molecule has 0 aliphatic heterocycles. The lowest BCUT2D eigenvalue weighted by Gasteiger charge is -2.13. The van der Waals surface area contributed by atoms with Crippen LogP contribution in [-0.2, 0) is 16.1 Å². The minimum absolute atomic E-state index is 0.160. The highest BCUT2D eigenvalue weighted by Gasteiger charge is 2.15. The molecular weight excluding hydrogens is 210 g/mol. The number of carbonyl (C=O) groups is 1. The van der Waals surface area contributed by atoms with Gasteiger partial charge in [-0.2, -0.15) is 5.10 Å². The first-order valence-corrected chi connectivity index (χ1v) is 5.07. The van der Waals surface area contributed by atoms with Gasteiger partial charge in [0.1, 0.15) is 6.04 Å². The van der Waals surface area contributed by atoms with Crippen molar-refractivity contribution in [1.29, 1.82) is 0 Å². The van der Waals surface area contributed by atoms with E-state index in [9.17, 15) is 4.79 Å². The quantitative estimate of drug-likeness (QED) is 0.679. The maximum absolute atomic E-state index is 10.8. The number of aryl methyl sites for hydroxylation is 1. The van der Waals surface area contributed by atoms with Crippen molar-refractivity contribution < 1.29 is 14.6 Å². The van der Waals surface area contributed by atoms with Crippen molar-refractivity contribution in [3.63, 3.8) is 0 Å². The van der Waals surface area contributed by atoms with Gasteiger partial charge in [-0.05, 0) is 12.5 Å². The van der Waals surface area contributed by atoms with Crippen molar-refractivity contribution in [1.82, 2.24) is 15.1 Å². The molecule has 1 heterocycles. The number of ether oxygens (including phenoxy) is 1. The lowest BCUT2D eigenvalue weighted by molar-refractivity contribution is -0.140. The third kappa shape index (κ3) is 4.00. The van der Waals surface area contributed by atoms with Crippen LogP contribution in [0, 0.1) is 6.92 Å². The molecule has 1 atom stereocenters. The fourth-order valence-corrected chi connectivity index (χ4v) is 1.33. The molecule has 1 unspecified atom stereocenters. The Hall–Kier alpha value is -1.40. The van der Waals surface area contributed by atoms with Crippen LogP contribution in [0.15, 0.2) is 12.4 Å². The van der Waals surface area contributed by atoms with Crippen LogP contribution >= 0.6 is 0 Å². The van der Waals surface area contributed by atoms with Gasteiger partial charge in [0.25, 0.3) is 0 Å². The van der Waals surface area contributed by atoms with Crippen LogP contribution in [0.3, 0.4) is 0 Å². The number of nitrogens with one attached hydrogen (secondary N) is 1. The van der Waals surface area contributed by atoms with Crippen molar-refractivity contribution in [2.75, 3.05) is 20.3 Å². The number of aromatic nitrogens is 2. The van der Waals surface area contributed by atoms with Gasteiger partial charge in [0.15, 0.2) is 0 Å². The highest BCUT2D eigenvalue weighted by atomic mass is 16.5. The maximum Gasteiger partial charge on any atom is 0.323 e. The maximum atomic E-state index is 10.8. The minimum atomic E-state index is -0.904. The van der Waals surface area contributed by atoms with Crippen LogP contribution in [0.2, 0.25) is 0 Å². The van der Waals surface area contributed by atoms with Gasteiger partial charge in [0.2, 0.25) is 0 Å². The van der Waals surface area contributed by atoms with Crippen molar-refractivity contribution in [3.8, 4) is 0 Å². The molecule has 1 aromatic rings. The second-order valence-corrected chi connectivity index (χ2v) is 3.58. The molecule has 2 N–H and O–H groups in total. The first-order chi connectivity index (χ1) is 7.63. The number of hydrogen-bond acceptors (Lipinski definition) is 4. The molecule has 0 saturated carbocycles. The summed E-state index contributed by atoms with van der Waals surface area (Å²) >= 11 is 0. The largest absolute Gasteiger partial charge is 0.480 e. The van der Waals surface area contributed by atoms with E-state index in [1.807, 2.05) is 13.1 Å². The Morgan fingerprint density at radius 1 is 1.75 bits per heavy atom. The van der Waals surface area contributed by atoms with Crippen LogP contribution in [0.25, 0.3) is 0 Å². The zero-order chi connectivity index (χ0) is 12.0. The summed E-state index contributed by atoms with van der Waals surface area (Å²) < 4.78 is 6.58. The summed E-state index contributed by atoms with van der Waals surface area (Å²) in [6, 6.07) is -0.665. The molecule has 0 aliphatic rings. The van der Waals surface area contributed by atoms with Gasteiger partial charge in [0, 0.05) is 19.9 Å². The van der Waals surface area contributed by atoms with E-state index in [0.717, 1.165) is 5.56 Å². The standard InChI is InChI=1S/C10H17N3O3/c1-8-5-12-13(6-8)4-3-11-9(7-16-2)10(14)15/h5-6,9,11H,3-4,7H2,1-2H3,(H,14,15). The van der Waals surface area contributed by atoms with Gasteiger partial charge in [-0.3, -0.25) is 9.48 Å². The number of carboxylic acid groups (broad SMARTS) is 1. The van der Waals surface area contributed by atoms with E-state index in [2.05, 4.69) is 10.4 Å². The summed E-state index contributed by atoms with van der Waals surface area (Å²) in [5.41, 5.74) is 1.09. The SMILES string of the molecule is COCC(NCCn1cc(C)cn1)C(=O)O. The van der Waals surface area contributed by atoms with Crippen LogP contribution in [0.1, 0.15) is 5.56 Å². The average molecular weight is 227 g/mol. The molecule has 0 amide bonds. The van der Waals surface area contributed by atoms with E-state index in [0.29, 0.717) is 13.1 Å². The summed E-state index contributed by atoms with van der Waals surface area (Å²) in [7, 11) is 1.48. The minimum Gasteiger partial charge on any atom is -0.480 e. The highest BCUT2D eigenvalue weighted by molar-refractivity contribution is 5.73. The van der Waals surface area contributed by atoms with Crippen molar-refractivity contribution in [2.24, 2.45) is 0 Å². The molecule has 0 aliphatic carbocycles. The third-order valence-electron chi connectivity index (χ3n) is 2.13. The predicted molar refractivity (Wildman–Crippen MR) is 58.3 cm³/mol. The van der Waals surface area contributed by atoms with E-state index >= 15 is 0 Å². The molecule has 90 valence electrons. The molecule has 6 nitrogen and oxygen atoms in total. The molecule has 16 heavy (non-hydrogen) atoms. The topological polar surface area (TPSA) is 76.4 Å². The molecule has 0 spiro atoms. The molecule has 1 aromatic heterocycles. The second kappa shape index (κ2) is 6.24. The monoisotopic (exact) mass is 227 g/mol. The van der Waals surface area contributed by atoms with Crippen molar-refractivity contribution in [3.05, 3.63) is 18.0 Å².